The van der Waals surface area contributed by atoms with Crippen molar-refractivity contribution < 1.29 is 4.39 Å². The molecule has 108 valence electrons. The fraction of sp³-hybridized carbons (Fsp3) is 0.400. The molecular formula is C15H21FN4. The topological polar surface area (TPSA) is 47.1 Å². The van der Waals surface area contributed by atoms with Crippen molar-refractivity contribution >= 4 is 0 Å². The number of likely N-dealkylation sites (N-methyl/N-ethyl adjacent to an activating group) is 1. The van der Waals surface area contributed by atoms with E-state index in [4.69, 9.17) is 5.73 Å². The zero-order valence-corrected chi connectivity index (χ0v) is 12.2. The minimum atomic E-state index is -0.214. The van der Waals surface area contributed by atoms with Gasteiger partial charge in [-0.3, -0.25) is 4.90 Å². The Kier molecular flexibility index (Phi) is 4.52. The number of nitrogens with zero attached hydrogens (tertiary/aromatic N) is 3. The summed E-state index contributed by atoms with van der Waals surface area (Å²) in [6, 6.07) is 4.90. The summed E-state index contributed by atoms with van der Waals surface area (Å²) in [7, 11) is 3.98. The zero-order valence-electron chi connectivity index (χ0n) is 12.2. The quantitative estimate of drug-likeness (QED) is 0.908. The Bertz CT molecular complexity index is 579. The fourth-order valence-electron chi connectivity index (χ4n) is 2.44. The molecule has 0 aliphatic carbocycles. The lowest BCUT2D eigenvalue weighted by molar-refractivity contribution is 0.233. The first-order valence-corrected chi connectivity index (χ1v) is 6.65. The molecule has 1 aromatic heterocycles. The maximum absolute atomic E-state index is 13.2. The van der Waals surface area contributed by atoms with Gasteiger partial charge in [0.2, 0.25) is 0 Å². The van der Waals surface area contributed by atoms with Gasteiger partial charge in [0, 0.05) is 32.0 Å². The summed E-state index contributed by atoms with van der Waals surface area (Å²) in [5.41, 5.74) is 7.90. The summed E-state index contributed by atoms with van der Waals surface area (Å²) in [6.07, 6.45) is 3.70. The predicted octanol–water partition coefficient (Wildman–Crippen LogP) is 2.00. The largest absolute Gasteiger partial charge is 0.337 e. The van der Waals surface area contributed by atoms with Crippen molar-refractivity contribution in [1.29, 1.82) is 0 Å². The van der Waals surface area contributed by atoms with Gasteiger partial charge in [-0.2, -0.15) is 0 Å². The summed E-state index contributed by atoms with van der Waals surface area (Å²) in [6.45, 7) is 3.09. The molecule has 1 aromatic carbocycles. The number of halogens is 1. The summed E-state index contributed by atoms with van der Waals surface area (Å²) < 4.78 is 15.2. The first-order chi connectivity index (χ1) is 9.52. The maximum atomic E-state index is 13.2. The molecule has 0 amide bonds. The lowest BCUT2D eigenvalue weighted by Gasteiger charge is -2.28. The monoisotopic (exact) mass is 276 g/mol. The van der Waals surface area contributed by atoms with E-state index in [0.717, 1.165) is 17.0 Å². The third-order valence-corrected chi connectivity index (χ3v) is 3.66. The van der Waals surface area contributed by atoms with Gasteiger partial charge in [-0.25, -0.2) is 9.37 Å². The standard InChI is InChI=1S/C15H21FN4/c1-11-8-12(16)4-5-13(11)14(9-17)20(3)10-15-18-6-7-19(15)2/h4-8,14H,9-10,17H2,1-3H3. The average molecular weight is 276 g/mol. The molecule has 2 rings (SSSR count). The van der Waals surface area contributed by atoms with E-state index in [9.17, 15) is 4.39 Å². The van der Waals surface area contributed by atoms with Gasteiger partial charge in [-0.1, -0.05) is 6.07 Å². The molecule has 0 bridgehead atoms. The second kappa shape index (κ2) is 6.15. The van der Waals surface area contributed by atoms with Crippen LogP contribution in [0.15, 0.2) is 30.6 Å². The first kappa shape index (κ1) is 14.7. The fourth-order valence-corrected chi connectivity index (χ4v) is 2.44. The highest BCUT2D eigenvalue weighted by Crippen LogP contribution is 2.23. The number of aromatic nitrogens is 2. The van der Waals surface area contributed by atoms with Crippen molar-refractivity contribution in [1.82, 2.24) is 14.5 Å². The van der Waals surface area contributed by atoms with Crippen LogP contribution in [0.25, 0.3) is 0 Å². The van der Waals surface area contributed by atoms with E-state index in [1.807, 2.05) is 37.8 Å². The Morgan fingerprint density at radius 1 is 1.45 bits per heavy atom. The van der Waals surface area contributed by atoms with Crippen LogP contribution in [0.1, 0.15) is 23.0 Å². The van der Waals surface area contributed by atoms with Crippen LogP contribution >= 0.6 is 0 Å². The molecule has 2 N–H and O–H groups in total. The molecule has 0 spiro atoms. The third kappa shape index (κ3) is 3.05. The summed E-state index contributed by atoms with van der Waals surface area (Å²) >= 11 is 0. The van der Waals surface area contributed by atoms with Crippen LogP contribution in [-0.2, 0) is 13.6 Å². The number of hydrogen-bond donors (Lipinski definition) is 1. The van der Waals surface area contributed by atoms with Gasteiger partial charge >= 0.3 is 0 Å². The molecule has 0 radical (unpaired) electrons. The van der Waals surface area contributed by atoms with Crippen molar-refractivity contribution in [3.05, 3.63) is 53.4 Å². The van der Waals surface area contributed by atoms with Gasteiger partial charge in [-0.05, 0) is 37.2 Å². The number of aryl methyl sites for hydroxylation is 2. The smallest absolute Gasteiger partial charge is 0.123 e. The summed E-state index contributed by atoms with van der Waals surface area (Å²) in [5.74, 6) is 0.763. The SMILES string of the molecule is Cc1cc(F)ccc1C(CN)N(C)Cc1nccn1C. The number of nitrogens with two attached hydrogens (primary N) is 1. The molecule has 0 aliphatic heterocycles. The van der Waals surface area contributed by atoms with E-state index >= 15 is 0 Å². The summed E-state index contributed by atoms with van der Waals surface area (Å²) in [5, 5.41) is 0. The Balaban J connectivity index is 2.21. The second-order valence-corrected chi connectivity index (χ2v) is 5.12. The third-order valence-electron chi connectivity index (χ3n) is 3.66. The van der Waals surface area contributed by atoms with Gasteiger partial charge in [0.05, 0.1) is 6.54 Å². The van der Waals surface area contributed by atoms with Crippen molar-refractivity contribution in [2.24, 2.45) is 12.8 Å². The highest BCUT2D eigenvalue weighted by molar-refractivity contribution is 5.30. The number of rotatable bonds is 5. The molecule has 0 aliphatic rings. The molecule has 2 aromatic rings. The van der Waals surface area contributed by atoms with Gasteiger partial charge in [0.15, 0.2) is 0 Å². The second-order valence-electron chi connectivity index (χ2n) is 5.12. The average Bonchev–Trinajstić information content (AvgIpc) is 2.78. The molecule has 1 unspecified atom stereocenters. The first-order valence-electron chi connectivity index (χ1n) is 6.65. The zero-order chi connectivity index (χ0) is 14.7. The molecule has 0 fully saturated rings. The van der Waals surface area contributed by atoms with Crippen LogP contribution in [0.4, 0.5) is 4.39 Å². The van der Waals surface area contributed by atoms with Crippen molar-refractivity contribution in [2.45, 2.75) is 19.5 Å². The minimum absolute atomic E-state index is 0.0484. The maximum Gasteiger partial charge on any atom is 0.123 e. The molecule has 0 saturated heterocycles. The number of hydrogen-bond acceptors (Lipinski definition) is 3. The molecule has 1 atom stereocenters. The van der Waals surface area contributed by atoms with Gasteiger partial charge in [-0.15, -0.1) is 0 Å². The van der Waals surface area contributed by atoms with E-state index < -0.39 is 0 Å². The van der Waals surface area contributed by atoms with E-state index in [2.05, 4.69) is 9.88 Å². The molecule has 20 heavy (non-hydrogen) atoms. The van der Waals surface area contributed by atoms with Gasteiger partial charge in [0.1, 0.15) is 11.6 Å². The van der Waals surface area contributed by atoms with Crippen molar-refractivity contribution in [3.8, 4) is 0 Å². The van der Waals surface area contributed by atoms with E-state index in [0.29, 0.717) is 13.1 Å². The van der Waals surface area contributed by atoms with Crippen LogP contribution in [-0.4, -0.2) is 28.0 Å². The highest BCUT2D eigenvalue weighted by Gasteiger charge is 2.19. The predicted molar refractivity (Wildman–Crippen MR) is 77.6 cm³/mol. The minimum Gasteiger partial charge on any atom is -0.337 e. The van der Waals surface area contributed by atoms with Crippen LogP contribution < -0.4 is 5.73 Å². The summed E-state index contributed by atoms with van der Waals surface area (Å²) in [4.78, 5) is 6.46. The number of benzene rings is 1. The molecular weight excluding hydrogens is 255 g/mol. The number of imidazole rings is 1. The molecule has 4 nitrogen and oxygen atoms in total. The lowest BCUT2D eigenvalue weighted by Crippen LogP contribution is -2.31. The molecule has 1 heterocycles. The van der Waals surface area contributed by atoms with Gasteiger partial charge in [0.25, 0.3) is 0 Å². The van der Waals surface area contributed by atoms with Crippen LogP contribution in [0.5, 0.6) is 0 Å². The Morgan fingerprint density at radius 2 is 2.20 bits per heavy atom. The molecule has 5 heteroatoms. The van der Waals surface area contributed by atoms with Crippen LogP contribution in [0.2, 0.25) is 0 Å². The van der Waals surface area contributed by atoms with Crippen molar-refractivity contribution in [2.75, 3.05) is 13.6 Å². The van der Waals surface area contributed by atoms with Crippen LogP contribution in [0.3, 0.4) is 0 Å². The lowest BCUT2D eigenvalue weighted by atomic mass is 10.00. The Labute approximate surface area is 119 Å². The normalized spacial score (nSPS) is 12.9. The van der Waals surface area contributed by atoms with Crippen LogP contribution in [0, 0.1) is 12.7 Å². The Hall–Kier alpha value is -1.72. The highest BCUT2D eigenvalue weighted by atomic mass is 19.1. The van der Waals surface area contributed by atoms with E-state index in [-0.39, 0.29) is 11.9 Å². The van der Waals surface area contributed by atoms with E-state index in [1.165, 1.54) is 6.07 Å². The van der Waals surface area contributed by atoms with E-state index in [1.54, 1.807) is 12.3 Å². The van der Waals surface area contributed by atoms with Gasteiger partial charge < -0.3 is 10.3 Å². The molecule has 0 saturated carbocycles. The Morgan fingerprint density at radius 3 is 2.75 bits per heavy atom. The van der Waals surface area contributed by atoms with Crippen molar-refractivity contribution in [3.63, 3.8) is 0 Å².